The number of ether oxygens (including phenoxy) is 1. The van der Waals surface area contributed by atoms with Crippen molar-refractivity contribution in [3.8, 4) is 5.75 Å². The van der Waals surface area contributed by atoms with Crippen LogP contribution in [0.4, 0.5) is 4.39 Å². The van der Waals surface area contributed by atoms with E-state index in [4.69, 9.17) is 4.74 Å². The lowest BCUT2D eigenvalue weighted by atomic mass is 10.2. The fourth-order valence-corrected chi connectivity index (χ4v) is 3.56. The van der Waals surface area contributed by atoms with Gasteiger partial charge in [-0.25, -0.2) is 4.39 Å². The first-order valence-electron chi connectivity index (χ1n) is 7.99. The van der Waals surface area contributed by atoms with Crippen LogP contribution in [0.5, 0.6) is 5.75 Å². The van der Waals surface area contributed by atoms with Crippen LogP contribution in [0.15, 0.2) is 51.8 Å². The zero-order chi connectivity index (χ0) is 18.2. The van der Waals surface area contributed by atoms with Gasteiger partial charge in [0, 0.05) is 33.1 Å². The Labute approximate surface area is 160 Å². The van der Waals surface area contributed by atoms with Crippen LogP contribution in [0.2, 0.25) is 0 Å². The van der Waals surface area contributed by atoms with Crippen LogP contribution in [0.1, 0.15) is 25.3 Å². The smallest absolute Gasteiger partial charge is 0.220 e. The highest BCUT2D eigenvalue weighted by atomic mass is 79.9. The van der Waals surface area contributed by atoms with Gasteiger partial charge in [0.2, 0.25) is 5.91 Å². The number of hydrogen-bond donors (Lipinski definition) is 1. The molecule has 0 spiro atoms. The number of nitrogens with one attached hydrogen (secondary N) is 1. The third-order valence-corrected chi connectivity index (χ3v) is 5.36. The highest BCUT2D eigenvalue weighted by Gasteiger charge is 2.10. The Balaban J connectivity index is 1.77. The van der Waals surface area contributed by atoms with Crippen molar-refractivity contribution in [2.24, 2.45) is 0 Å². The summed E-state index contributed by atoms with van der Waals surface area (Å²) in [4.78, 5) is 13.2. The van der Waals surface area contributed by atoms with E-state index in [0.717, 1.165) is 10.9 Å². The van der Waals surface area contributed by atoms with Crippen LogP contribution in [0.3, 0.4) is 0 Å². The Kier molecular flexibility index (Phi) is 7.78. The summed E-state index contributed by atoms with van der Waals surface area (Å²) >= 11 is 5.16. The molecular formula is C19H21BrFNO2S. The number of thioether (sulfide) groups is 1. The van der Waals surface area contributed by atoms with Gasteiger partial charge in [0.1, 0.15) is 11.6 Å². The van der Waals surface area contributed by atoms with Gasteiger partial charge in [0.15, 0.2) is 0 Å². The molecule has 0 bridgehead atoms. The van der Waals surface area contributed by atoms with Crippen LogP contribution in [0.25, 0.3) is 0 Å². The van der Waals surface area contributed by atoms with E-state index in [-0.39, 0.29) is 18.3 Å². The molecule has 0 saturated heterocycles. The van der Waals surface area contributed by atoms with Crippen LogP contribution in [-0.2, 0) is 11.3 Å². The minimum absolute atomic E-state index is 0.0467. The fourth-order valence-electron chi connectivity index (χ4n) is 2.31. The molecule has 6 heteroatoms. The molecule has 1 amide bonds. The van der Waals surface area contributed by atoms with Gasteiger partial charge in [-0.3, -0.25) is 4.79 Å². The number of rotatable bonds is 8. The molecule has 0 radical (unpaired) electrons. The summed E-state index contributed by atoms with van der Waals surface area (Å²) in [5.74, 6) is 0.181. The normalized spacial score (nSPS) is 11.8. The average molecular weight is 426 g/mol. The summed E-state index contributed by atoms with van der Waals surface area (Å²) < 4.78 is 19.6. The van der Waals surface area contributed by atoms with Gasteiger partial charge in [0.25, 0.3) is 0 Å². The molecule has 0 aromatic heterocycles. The van der Waals surface area contributed by atoms with E-state index in [9.17, 15) is 9.18 Å². The molecule has 134 valence electrons. The van der Waals surface area contributed by atoms with Gasteiger partial charge < -0.3 is 10.1 Å². The Morgan fingerprint density at radius 3 is 2.68 bits per heavy atom. The summed E-state index contributed by atoms with van der Waals surface area (Å²) in [7, 11) is 1.53. The third kappa shape index (κ3) is 6.71. The largest absolute Gasteiger partial charge is 0.496 e. The molecular weight excluding hydrogens is 405 g/mol. The molecule has 0 saturated carbocycles. The third-order valence-electron chi connectivity index (χ3n) is 3.65. The van der Waals surface area contributed by atoms with Crippen molar-refractivity contribution in [2.75, 3.05) is 7.11 Å². The quantitative estimate of drug-likeness (QED) is 0.592. The molecule has 1 N–H and O–H groups in total. The molecule has 25 heavy (non-hydrogen) atoms. The predicted octanol–water partition coefficient (Wildman–Crippen LogP) is 5.17. The Hall–Kier alpha value is -1.53. The molecule has 1 unspecified atom stereocenters. The first-order valence-corrected chi connectivity index (χ1v) is 9.66. The van der Waals surface area contributed by atoms with Gasteiger partial charge in [-0.2, -0.15) is 0 Å². The molecule has 2 rings (SSSR count). The van der Waals surface area contributed by atoms with Crippen molar-refractivity contribution in [3.05, 3.63) is 58.3 Å². The summed E-state index contributed by atoms with van der Waals surface area (Å²) in [6, 6.07) is 12.4. The maximum Gasteiger partial charge on any atom is 0.220 e. The van der Waals surface area contributed by atoms with Crippen molar-refractivity contribution in [1.29, 1.82) is 0 Å². The van der Waals surface area contributed by atoms with Crippen molar-refractivity contribution in [1.82, 2.24) is 5.32 Å². The van der Waals surface area contributed by atoms with E-state index < -0.39 is 0 Å². The predicted molar refractivity (Wildman–Crippen MR) is 103 cm³/mol. The van der Waals surface area contributed by atoms with E-state index in [2.05, 4.69) is 40.3 Å². The highest BCUT2D eigenvalue weighted by Crippen LogP contribution is 2.27. The second-order valence-electron chi connectivity index (χ2n) is 5.65. The van der Waals surface area contributed by atoms with Crippen molar-refractivity contribution < 1.29 is 13.9 Å². The Morgan fingerprint density at radius 2 is 2.00 bits per heavy atom. The van der Waals surface area contributed by atoms with E-state index in [0.29, 0.717) is 23.0 Å². The summed E-state index contributed by atoms with van der Waals surface area (Å²) in [5, 5.41) is 3.16. The number of methoxy groups -OCH3 is 1. The zero-order valence-corrected chi connectivity index (χ0v) is 16.6. The maximum absolute atomic E-state index is 13.3. The average Bonchev–Trinajstić information content (AvgIpc) is 2.60. The van der Waals surface area contributed by atoms with Crippen molar-refractivity contribution in [2.45, 2.75) is 36.5 Å². The van der Waals surface area contributed by atoms with Gasteiger partial charge in [0.05, 0.1) is 7.11 Å². The monoisotopic (exact) mass is 425 g/mol. The summed E-state index contributed by atoms with van der Waals surface area (Å²) in [5.41, 5.74) is 0.633. The van der Waals surface area contributed by atoms with Crippen LogP contribution >= 0.6 is 27.7 Å². The SMILES string of the molecule is COc1ccc(F)cc1CNC(=O)CCC(C)Sc1ccc(Br)cc1. The molecule has 1 atom stereocenters. The number of halogens is 2. The molecule has 0 aliphatic rings. The van der Waals surface area contributed by atoms with E-state index in [1.54, 1.807) is 17.8 Å². The molecule has 0 aliphatic carbocycles. The molecule has 2 aromatic carbocycles. The second kappa shape index (κ2) is 9.82. The Bertz CT molecular complexity index is 709. The highest BCUT2D eigenvalue weighted by molar-refractivity contribution is 9.10. The number of hydrogen-bond acceptors (Lipinski definition) is 3. The maximum atomic E-state index is 13.3. The Morgan fingerprint density at radius 1 is 1.28 bits per heavy atom. The zero-order valence-electron chi connectivity index (χ0n) is 14.2. The lowest BCUT2D eigenvalue weighted by Gasteiger charge is -2.12. The van der Waals surface area contributed by atoms with Crippen LogP contribution < -0.4 is 10.1 Å². The molecule has 0 heterocycles. The molecule has 3 nitrogen and oxygen atoms in total. The van der Waals surface area contributed by atoms with Crippen LogP contribution in [0, 0.1) is 5.82 Å². The minimum atomic E-state index is -0.343. The topological polar surface area (TPSA) is 38.3 Å². The summed E-state index contributed by atoms with van der Waals surface area (Å²) in [6.45, 7) is 2.36. The lowest BCUT2D eigenvalue weighted by Crippen LogP contribution is -2.23. The fraction of sp³-hybridized carbons (Fsp3) is 0.316. The van der Waals surface area contributed by atoms with Gasteiger partial charge in [-0.05, 0) is 48.9 Å². The first kappa shape index (κ1) is 19.8. The van der Waals surface area contributed by atoms with Gasteiger partial charge in [-0.15, -0.1) is 11.8 Å². The van der Waals surface area contributed by atoms with Crippen molar-refractivity contribution in [3.63, 3.8) is 0 Å². The number of carbonyl (C=O) groups excluding carboxylic acids is 1. The summed E-state index contributed by atoms with van der Waals surface area (Å²) in [6.07, 6.45) is 1.20. The second-order valence-corrected chi connectivity index (χ2v) is 8.08. The number of carbonyl (C=O) groups is 1. The van der Waals surface area contributed by atoms with Gasteiger partial charge in [-0.1, -0.05) is 22.9 Å². The number of benzene rings is 2. The van der Waals surface area contributed by atoms with E-state index >= 15 is 0 Å². The minimum Gasteiger partial charge on any atom is -0.496 e. The molecule has 2 aromatic rings. The van der Waals surface area contributed by atoms with Crippen LogP contribution in [-0.4, -0.2) is 18.3 Å². The standard InChI is InChI=1S/C19H21BrFNO2S/c1-13(25-17-7-4-15(20)5-8-17)3-10-19(23)22-12-14-11-16(21)6-9-18(14)24-2/h4-9,11,13H,3,10,12H2,1-2H3,(H,22,23). The van der Waals surface area contributed by atoms with Gasteiger partial charge >= 0.3 is 0 Å². The van der Waals surface area contributed by atoms with Crippen molar-refractivity contribution >= 4 is 33.6 Å². The first-order chi connectivity index (χ1) is 12.0. The molecule has 0 fully saturated rings. The van der Waals surface area contributed by atoms with E-state index in [1.165, 1.54) is 24.1 Å². The number of amides is 1. The lowest BCUT2D eigenvalue weighted by molar-refractivity contribution is -0.121. The van der Waals surface area contributed by atoms with E-state index in [1.807, 2.05) is 12.1 Å². The molecule has 0 aliphatic heterocycles.